The van der Waals surface area contributed by atoms with E-state index in [1.807, 2.05) is 4.90 Å². The molecule has 0 bridgehead atoms. The van der Waals surface area contributed by atoms with Gasteiger partial charge >= 0.3 is 6.03 Å². The van der Waals surface area contributed by atoms with E-state index in [1.54, 1.807) is 29.6 Å². The minimum atomic E-state index is -1.25. The Bertz CT molecular complexity index is 1490. The summed E-state index contributed by atoms with van der Waals surface area (Å²) < 4.78 is 39.5. The summed E-state index contributed by atoms with van der Waals surface area (Å²) in [6.45, 7) is 1.61. The van der Waals surface area contributed by atoms with Crippen LogP contribution in [-0.4, -0.2) is 74.7 Å². The fourth-order valence-electron chi connectivity index (χ4n) is 4.27. The molecular formula is C27H26F2N6O6S. The molecule has 2 saturated heterocycles. The molecule has 220 valence electrons. The summed E-state index contributed by atoms with van der Waals surface area (Å²) in [6.07, 6.45) is 0.182. The topological polar surface area (TPSA) is 142 Å². The van der Waals surface area contributed by atoms with Gasteiger partial charge in [-0.1, -0.05) is 0 Å². The number of hydrogen-bond donors (Lipinski definition) is 3. The maximum Gasteiger partial charge on any atom is 0.328 e. The van der Waals surface area contributed by atoms with Gasteiger partial charge in [0.1, 0.15) is 0 Å². The molecule has 15 heteroatoms. The maximum atomic E-state index is 14.7. The lowest BCUT2D eigenvalue weighted by molar-refractivity contribution is -0.125. The highest BCUT2D eigenvalue weighted by atomic mass is 32.1. The monoisotopic (exact) mass is 600 g/mol. The van der Waals surface area contributed by atoms with Gasteiger partial charge in [0.2, 0.25) is 17.6 Å². The lowest BCUT2D eigenvalue weighted by atomic mass is 10.1. The van der Waals surface area contributed by atoms with Crippen LogP contribution < -0.4 is 30.5 Å². The first-order chi connectivity index (χ1) is 20.3. The van der Waals surface area contributed by atoms with Gasteiger partial charge in [0.05, 0.1) is 25.5 Å². The number of carbonyl (C=O) groups excluding carboxylic acids is 4. The number of imide groups is 1. The average Bonchev–Trinajstić information content (AvgIpc) is 3.48. The van der Waals surface area contributed by atoms with Crippen molar-refractivity contribution >= 4 is 51.6 Å². The van der Waals surface area contributed by atoms with Gasteiger partial charge in [-0.2, -0.15) is 4.39 Å². The van der Waals surface area contributed by atoms with E-state index in [0.29, 0.717) is 48.5 Å². The van der Waals surface area contributed by atoms with Crippen LogP contribution >= 0.6 is 11.3 Å². The molecule has 0 aliphatic carbocycles. The van der Waals surface area contributed by atoms with Crippen LogP contribution in [0.5, 0.6) is 5.75 Å². The number of morpholine rings is 1. The minimum absolute atomic E-state index is 0.182. The standard InChI is InChI=1S/C27H26F2N6O6S/c28-19-6-5-18(20-15-42-27(32-20)34-9-11-40-12-10-34)25(24(19)29)41-14-23(38)30-13-22(37)31-16-1-3-17(4-2-16)35-8-7-21(36)33-26(35)39/h1-6,15H,7-14H2,(H,30,38)(H,31,37)(H,33,36,39). The first kappa shape index (κ1) is 28.9. The lowest BCUT2D eigenvalue weighted by Gasteiger charge is -2.26. The Kier molecular flexibility index (Phi) is 8.88. The van der Waals surface area contributed by atoms with Crippen LogP contribution in [0.15, 0.2) is 41.8 Å². The molecule has 5 rings (SSSR count). The number of halogens is 2. The Balaban J connectivity index is 1.14. The van der Waals surface area contributed by atoms with Crippen molar-refractivity contribution in [3.05, 3.63) is 53.4 Å². The highest BCUT2D eigenvalue weighted by Gasteiger charge is 2.24. The molecule has 12 nitrogen and oxygen atoms in total. The summed E-state index contributed by atoms with van der Waals surface area (Å²) >= 11 is 1.35. The van der Waals surface area contributed by atoms with Gasteiger partial charge in [-0.15, -0.1) is 11.3 Å². The predicted molar refractivity (Wildman–Crippen MR) is 150 cm³/mol. The van der Waals surface area contributed by atoms with Crippen LogP contribution in [0.4, 0.5) is 30.1 Å². The van der Waals surface area contributed by atoms with Crippen molar-refractivity contribution in [2.24, 2.45) is 0 Å². The Labute approximate surface area is 242 Å². The minimum Gasteiger partial charge on any atom is -0.480 e. The Morgan fingerprint density at radius 1 is 1.05 bits per heavy atom. The summed E-state index contributed by atoms with van der Waals surface area (Å²) in [4.78, 5) is 56.0. The van der Waals surface area contributed by atoms with Crippen molar-refractivity contribution in [3.8, 4) is 17.0 Å². The number of nitrogens with zero attached hydrogens (tertiary/aromatic N) is 3. The third-order valence-corrected chi connectivity index (χ3v) is 7.31. The summed E-state index contributed by atoms with van der Waals surface area (Å²) in [5.41, 5.74) is 1.51. The van der Waals surface area contributed by atoms with E-state index in [1.165, 1.54) is 22.3 Å². The zero-order valence-electron chi connectivity index (χ0n) is 22.2. The molecular weight excluding hydrogens is 574 g/mol. The Morgan fingerprint density at radius 2 is 1.81 bits per heavy atom. The molecule has 42 heavy (non-hydrogen) atoms. The van der Waals surface area contributed by atoms with Crippen LogP contribution in [0.2, 0.25) is 0 Å². The largest absolute Gasteiger partial charge is 0.480 e. The molecule has 2 aromatic carbocycles. The molecule has 0 saturated carbocycles. The van der Waals surface area contributed by atoms with E-state index in [0.717, 1.165) is 6.07 Å². The highest BCUT2D eigenvalue weighted by molar-refractivity contribution is 7.14. The van der Waals surface area contributed by atoms with Gasteiger partial charge < -0.3 is 25.0 Å². The third-order valence-electron chi connectivity index (χ3n) is 6.41. The second kappa shape index (κ2) is 12.9. The van der Waals surface area contributed by atoms with Crippen molar-refractivity contribution in [2.45, 2.75) is 6.42 Å². The van der Waals surface area contributed by atoms with Gasteiger partial charge in [0.25, 0.3) is 5.91 Å². The lowest BCUT2D eigenvalue weighted by Crippen LogP contribution is -2.49. The quantitative estimate of drug-likeness (QED) is 0.340. The molecule has 5 amide bonds. The number of rotatable bonds is 9. The van der Waals surface area contributed by atoms with E-state index in [2.05, 4.69) is 20.9 Å². The first-order valence-corrected chi connectivity index (χ1v) is 13.8. The summed E-state index contributed by atoms with van der Waals surface area (Å²) in [5, 5.41) is 9.60. The second-order valence-corrected chi connectivity index (χ2v) is 10.1. The molecule has 0 unspecified atom stereocenters. The number of carbonyl (C=O) groups is 4. The third kappa shape index (κ3) is 6.80. The number of benzene rings is 2. The van der Waals surface area contributed by atoms with E-state index < -0.39 is 48.4 Å². The molecule has 2 aliphatic rings. The van der Waals surface area contributed by atoms with Crippen molar-refractivity contribution in [1.82, 2.24) is 15.6 Å². The fourth-order valence-corrected chi connectivity index (χ4v) is 5.15. The molecule has 0 radical (unpaired) electrons. The van der Waals surface area contributed by atoms with E-state index in [9.17, 15) is 28.0 Å². The molecule has 3 aromatic rings. The van der Waals surface area contributed by atoms with Crippen molar-refractivity contribution in [1.29, 1.82) is 0 Å². The van der Waals surface area contributed by atoms with Crippen LogP contribution in [0, 0.1) is 11.6 Å². The molecule has 1 aromatic heterocycles. The van der Waals surface area contributed by atoms with Crippen LogP contribution in [0.3, 0.4) is 0 Å². The van der Waals surface area contributed by atoms with E-state index >= 15 is 0 Å². The summed E-state index contributed by atoms with van der Waals surface area (Å²) in [5.74, 6) is -4.47. The van der Waals surface area contributed by atoms with Crippen LogP contribution in [0.25, 0.3) is 11.3 Å². The molecule has 3 N–H and O–H groups in total. The number of thiazole rings is 1. The number of nitrogens with one attached hydrogen (secondary N) is 3. The smallest absolute Gasteiger partial charge is 0.328 e. The van der Waals surface area contributed by atoms with Gasteiger partial charge in [0.15, 0.2) is 23.3 Å². The Morgan fingerprint density at radius 3 is 2.55 bits per heavy atom. The van der Waals surface area contributed by atoms with E-state index in [4.69, 9.17) is 9.47 Å². The van der Waals surface area contributed by atoms with Gasteiger partial charge in [-0.05, 0) is 36.4 Å². The maximum absolute atomic E-state index is 14.7. The zero-order valence-corrected chi connectivity index (χ0v) is 23.0. The summed E-state index contributed by atoms with van der Waals surface area (Å²) in [6, 6.07) is 8.12. The van der Waals surface area contributed by atoms with E-state index in [-0.39, 0.29) is 24.4 Å². The molecule has 2 aliphatic heterocycles. The van der Waals surface area contributed by atoms with Crippen LogP contribution in [0.1, 0.15) is 6.42 Å². The second-order valence-electron chi connectivity index (χ2n) is 9.27. The number of anilines is 3. The SMILES string of the molecule is O=C(COc1c(-c2csc(N3CCOCC3)n2)ccc(F)c1F)NCC(=O)Nc1ccc(N2CCC(=O)NC2=O)cc1. The van der Waals surface area contributed by atoms with Crippen LogP contribution in [-0.2, 0) is 19.1 Å². The number of amides is 5. The van der Waals surface area contributed by atoms with Gasteiger partial charge in [0, 0.05) is 48.4 Å². The predicted octanol–water partition coefficient (Wildman–Crippen LogP) is 2.50. The first-order valence-electron chi connectivity index (χ1n) is 13.0. The van der Waals surface area contributed by atoms with Gasteiger partial charge in [-0.3, -0.25) is 24.6 Å². The molecule has 3 heterocycles. The van der Waals surface area contributed by atoms with Crippen molar-refractivity contribution < 1.29 is 37.4 Å². The number of aromatic nitrogens is 1. The Hall–Kier alpha value is -4.63. The molecule has 0 atom stereocenters. The van der Waals surface area contributed by atoms with Crippen molar-refractivity contribution in [3.63, 3.8) is 0 Å². The van der Waals surface area contributed by atoms with Gasteiger partial charge in [-0.25, -0.2) is 14.2 Å². The highest BCUT2D eigenvalue weighted by Crippen LogP contribution is 2.36. The summed E-state index contributed by atoms with van der Waals surface area (Å²) in [7, 11) is 0. The molecule has 2 fully saturated rings. The normalized spacial score (nSPS) is 15.3. The number of ether oxygens (including phenoxy) is 2. The fraction of sp³-hybridized carbons (Fsp3) is 0.296. The average molecular weight is 601 g/mol. The zero-order chi connectivity index (χ0) is 29.6. The molecule has 0 spiro atoms. The number of hydrogen-bond acceptors (Lipinski definition) is 9. The number of urea groups is 1. The van der Waals surface area contributed by atoms with Crippen molar-refractivity contribution in [2.75, 3.05) is 61.1 Å².